The van der Waals surface area contributed by atoms with Gasteiger partial charge in [0.05, 0.1) is 6.20 Å². The van der Waals surface area contributed by atoms with E-state index < -0.39 is 0 Å². The predicted octanol–water partition coefficient (Wildman–Crippen LogP) is 2.00. The van der Waals surface area contributed by atoms with Gasteiger partial charge >= 0.3 is 0 Å². The summed E-state index contributed by atoms with van der Waals surface area (Å²) in [4.78, 5) is 12.0. The number of nitrogens with zero attached hydrogens (tertiary/aromatic N) is 2. The van der Waals surface area contributed by atoms with Crippen molar-refractivity contribution in [2.24, 2.45) is 17.8 Å². The van der Waals surface area contributed by atoms with E-state index in [1.807, 2.05) is 0 Å². The zero-order valence-corrected chi connectivity index (χ0v) is 11.3. The third-order valence-corrected chi connectivity index (χ3v) is 3.99. The molecule has 0 radical (unpaired) electrons. The molecular formula is C13H22N4O. The van der Waals surface area contributed by atoms with Gasteiger partial charge in [0.25, 0.3) is 5.91 Å². The first-order valence-corrected chi connectivity index (χ1v) is 6.74. The number of H-pyrrole nitrogens is 1. The van der Waals surface area contributed by atoms with Crippen LogP contribution in [0.25, 0.3) is 0 Å². The molecule has 0 bridgehead atoms. The molecule has 3 atom stereocenters. The minimum absolute atomic E-state index is 0.117. The van der Waals surface area contributed by atoms with Gasteiger partial charge in [-0.15, -0.1) is 0 Å². The average Bonchev–Trinajstić information content (AvgIpc) is 2.81. The van der Waals surface area contributed by atoms with Crippen molar-refractivity contribution >= 4 is 5.91 Å². The van der Waals surface area contributed by atoms with Crippen LogP contribution in [0.1, 0.15) is 50.5 Å². The van der Waals surface area contributed by atoms with Crippen molar-refractivity contribution in [3.05, 3.63) is 11.9 Å². The lowest BCUT2D eigenvalue weighted by Gasteiger charge is -2.37. The first-order chi connectivity index (χ1) is 8.58. The molecule has 1 amide bonds. The average molecular weight is 250 g/mol. The Labute approximate surface area is 108 Å². The predicted molar refractivity (Wildman–Crippen MR) is 69.0 cm³/mol. The maximum Gasteiger partial charge on any atom is 0.273 e. The number of nitrogens with one attached hydrogen (secondary N) is 2. The molecule has 1 aromatic rings. The van der Waals surface area contributed by atoms with E-state index in [2.05, 4.69) is 41.5 Å². The number of aromatic nitrogens is 3. The molecule has 1 heterocycles. The van der Waals surface area contributed by atoms with Crippen LogP contribution in [-0.4, -0.2) is 27.4 Å². The van der Waals surface area contributed by atoms with Crippen LogP contribution in [0.2, 0.25) is 0 Å². The number of hydrogen-bond acceptors (Lipinski definition) is 3. The fourth-order valence-electron chi connectivity index (χ4n) is 2.92. The summed E-state index contributed by atoms with van der Waals surface area (Å²) in [6, 6.07) is 0.262. The van der Waals surface area contributed by atoms with E-state index in [1.165, 1.54) is 19.0 Å². The smallest absolute Gasteiger partial charge is 0.273 e. The lowest BCUT2D eigenvalue weighted by atomic mass is 9.74. The van der Waals surface area contributed by atoms with Gasteiger partial charge in [-0.3, -0.25) is 4.79 Å². The van der Waals surface area contributed by atoms with Crippen molar-refractivity contribution in [2.75, 3.05) is 0 Å². The Hall–Kier alpha value is -1.39. The van der Waals surface area contributed by atoms with Crippen molar-refractivity contribution in [3.63, 3.8) is 0 Å². The fraction of sp³-hybridized carbons (Fsp3) is 0.769. The molecule has 100 valence electrons. The molecule has 1 saturated carbocycles. The lowest BCUT2D eigenvalue weighted by Crippen LogP contribution is -2.45. The molecule has 2 N–H and O–H groups in total. The minimum atomic E-state index is -0.117. The zero-order valence-electron chi connectivity index (χ0n) is 11.3. The molecule has 5 nitrogen and oxygen atoms in total. The highest BCUT2D eigenvalue weighted by molar-refractivity contribution is 5.92. The zero-order chi connectivity index (χ0) is 13.1. The molecule has 1 aliphatic rings. The van der Waals surface area contributed by atoms with Gasteiger partial charge in [-0.05, 0) is 30.6 Å². The molecule has 18 heavy (non-hydrogen) atoms. The van der Waals surface area contributed by atoms with E-state index in [0.717, 1.165) is 6.42 Å². The summed E-state index contributed by atoms with van der Waals surface area (Å²) >= 11 is 0. The highest BCUT2D eigenvalue weighted by atomic mass is 16.2. The van der Waals surface area contributed by atoms with E-state index in [-0.39, 0.29) is 11.9 Å². The van der Waals surface area contributed by atoms with Crippen LogP contribution in [0.15, 0.2) is 6.20 Å². The number of aromatic amines is 1. The van der Waals surface area contributed by atoms with Gasteiger partial charge in [-0.1, -0.05) is 27.2 Å². The summed E-state index contributed by atoms with van der Waals surface area (Å²) in [5.41, 5.74) is 0.371. The van der Waals surface area contributed by atoms with Gasteiger partial charge in [0.2, 0.25) is 0 Å². The summed E-state index contributed by atoms with van der Waals surface area (Å²) in [6.07, 6.45) is 4.99. The lowest BCUT2D eigenvalue weighted by molar-refractivity contribution is 0.0863. The first-order valence-electron chi connectivity index (χ1n) is 6.74. The second-order valence-corrected chi connectivity index (χ2v) is 5.76. The van der Waals surface area contributed by atoms with Gasteiger partial charge in [0, 0.05) is 6.04 Å². The number of carbonyl (C=O) groups excluding carboxylic acids is 1. The van der Waals surface area contributed by atoms with Crippen molar-refractivity contribution in [1.82, 2.24) is 20.7 Å². The number of amides is 1. The maximum absolute atomic E-state index is 12.0. The molecular weight excluding hydrogens is 228 g/mol. The van der Waals surface area contributed by atoms with Crippen molar-refractivity contribution in [2.45, 2.75) is 46.1 Å². The molecule has 1 fully saturated rings. The quantitative estimate of drug-likeness (QED) is 0.862. The Morgan fingerprint density at radius 3 is 2.89 bits per heavy atom. The van der Waals surface area contributed by atoms with Crippen LogP contribution in [0.4, 0.5) is 0 Å². The molecule has 0 saturated heterocycles. The van der Waals surface area contributed by atoms with Gasteiger partial charge in [0.1, 0.15) is 0 Å². The monoisotopic (exact) mass is 250 g/mol. The van der Waals surface area contributed by atoms with E-state index in [4.69, 9.17) is 0 Å². The minimum Gasteiger partial charge on any atom is -0.348 e. The Morgan fingerprint density at radius 2 is 2.28 bits per heavy atom. The largest absolute Gasteiger partial charge is 0.348 e. The second kappa shape index (κ2) is 5.50. The summed E-state index contributed by atoms with van der Waals surface area (Å²) < 4.78 is 0. The molecule has 2 rings (SSSR count). The SMILES string of the molecule is CC1CCC(C(C)C)C(NC(=O)c2cn[nH]n2)C1. The molecule has 5 heteroatoms. The summed E-state index contributed by atoms with van der Waals surface area (Å²) in [7, 11) is 0. The summed E-state index contributed by atoms with van der Waals surface area (Å²) in [6.45, 7) is 6.72. The van der Waals surface area contributed by atoms with Gasteiger partial charge in [-0.25, -0.2) is 0 Å². The molecule has 1 aromatic heterocycles. The third kappa shape index (κ3) is 2.89. The standard InChI is InChI=1S/C13H22N4O/c1-8(2)10-5-4-9(3)6-11(10)15-13(18)12-7-14-17-16-12/h7-11H,4-6H2,1-3H3,(H,15,18)(H,14,16,17). The summed E-state index contributed by atoms with van der Waals surface area (Å²) in [5.74, 6) is 1.73. The van der Waals surface area contributed by atoms with E-state index >= 15 is 0 Å². The Kier molecular flexibility index (Phi) is 3.99. The number of carbonyl (C=O) groups is 1. The van der Waals surface area contributed by atoms with Crippen LogP contribution >= 0.6 is 0 Å². The van der Waals surface area contributed by atoms with Crippen LogP contribution in [0, 0.1) is 17.8 Å². The van der Waals surface area contributed by atoms with Crippen LogP contribution in [0.3, 0.4) is 0 Å². The van der Waals surface area contributed by atoms with E-state index in [0.29, 0.717) is 23.4 Å². The van der Waals surface area contributed by atoms with Crippen LogP contribution < -0.4 is 5.32 Å². The fourth-order valence-corrected chi connectivity index (χ4v) is 2.92. The molecule has 0 spiro atoms. The van der Waals surface area contributed by atoms with E-state index in [9.17, 15) is 4.79 Å². The van der Waals surface area contributed by atoms with Crippen molar-refractivity contribution in [3.8, 4) is 0 Å². The van der Waals surface area contributed by atoms with Crippen LogP contribution in [-0.2, 0) is 0 Å². The first kappa shape index (κ1) is 13.1. The normalized spacial score (nSPS) is 28.3. The second-order valence-electron chi connectivity index (χ2n) is 5.76. The molecule has 3 unspecified atom stereocenters. The third-order valence-electron chi connectivity index (χ3n) is 3.99. The maximum atomic E-state index is 12.0. The molecule has 0 aromatic carbocycles. The highest BCUT2D eigenvalue weighted by Gasteiger charge is 2.32. The van der Waals surface area contributed by atoms with Crippen molar-refractivity contribution in [1.29, 1.82) is 0 Å². The number of hydrogen-bond donors (Lipinski definition) is 2. The molecule has 0 aliphatic heterocycles. The van der Waals surface area contributed by atoms with E-state index in [1.54, 1.807) is 0 Å². The Bertz CT molecular complexity index is 388. The topological polar surface area (TPSA) is 70.7 Å². The number of rotatable bonds is 3. The summed E-state index contributed by atoms with van der Waals surface area (Å²) in [5, 5.41) is 13.1. The van der Waals surface area contributed by atoms with Gasteiger partial charge in [0.15, 0.2) is 5.69 Å². The Balaban J connectivity index is 2.02. The highest BCUT2D eigenvalue weighted by Crippen LogP contribution is 2.33. The van der Waals surface area contributed by atoms with Gasteiger partial charge in [-0.2, -0.15) is 15.4 Å². The van der Waals surface area contributed by atoms with Crippen LogP contribution in [0.5, 0.6) is 0 Å². The Morgan fingerprint density at radius 1 is 1.50 bits per heavy atom. The molecule has 1 aliphatic carbocycles. The van der Waals surface area contributed by atoms with Crippen molar-refractivity contribution < 1.29 is 4.79 Å². The van der Waals surface area contributed by atoms with Gasteiger partial charge < -0.3 is 5.32 Å².